The molecule has 1 heterocycles. The molecule has 0 bridgehead atoms. The van der Waals surface area contributed by atoms with Crippen molar-refractivity contribution >= 4 is 0 Å². The molecule has 1 aromatic carbocycles. The Kier molecular flexibility index (Phi) is 4.11. The molecule has 94 valence electrons. The van der Waals surface area contributed by atoms with E-state index in [1.54, 1.807) is 0 Å². The van der Waals surface area contributed by atoms with Crippen LogP contribution in [0.25, 0.3) is 0 Å². The highest BCUT2D eigenvalue weighted by Crippen LogP contribution is 2.24. The van der Waals surface area contributed by atoms with Crippen LogP contribution < -0.4 is 5.32 Å². The van der Waals surface area contributed by atoms with E-state index in [2.05, 4.69) is 55.3 Å². The number of nitrogens with zero attached hydrogens (tertiary/aromatic N) is 1. The molecule has 0 amide bonds. The van der Waals surface area contributed by atoms with Gasteiger partial charge in [0.2, 0.25) is 0 Å². The molecule has 0 saturated heterocycles. The molecule has 18 heavy (non-hydrogen) atoms. The summed E-state index contributed by atoms with van der Waals surface area (Å²) in [7, 11) is 0. The van der Waals surface area contributed by atoms with Crippen molar-refractivity contribution in [3.05, 3.63) is 65.0 Å². The highest BCUT2D eigenvalue weighted by Gasteiger charge is 2.15. The number of pyridine rings is 1. The van der Waals surface area contributed by atoms with Crippen molar-refractivity contribution in [2.24, 2.45) is 0 Å². The van der Waals surface area contributed by atoms with Gasteiger partial charge < -0.3 is 5.32 Å². The van der Waals surface area contributed by atoms with E-state index in [1.165, 1.54) is 16.7 Å². The van der Waals surface area contributed by atoms with Gasteiger partial charge in [0.15, 0.2) is 0 Å². The molecule has 1 unspecified atom stereocenters. The molecule has 0 aliphatic heterocycles. The van der Waals surface area contributed by atoms with Crippen LogP contribution in [0.2, 0.25) is 0 Å². The molecule has 2 rings (SSSR count). The third-order valence-electron chi connectivity index (χ3n) is 3.14. The molecule has 1 N–H and O–H groups in total. The molecule has 2 heteroatoms. The van der Waals surface area contributed by atoms with Crippen molar-refractivity contribution in [3.8, 4) is 0 Å². The largest absolute Gasteiger partial charge is 0.305 e. The van der Waals surface area contributed by atoms with Crippen LogP contribution in [-0.2, 0) is 0 Å². The van der Waals surface area contributed by atoms with Crippen LogP contribution in [0.1, 0.15) is 35.3 Å². The van der Waals surface area contributed by atoms with E-state index in [-0.39, 0.29) is 6.04 Å². The summed E-state index contributed by atoms with van der Waals surface area (Å²) in [5.74, 6) is 0. The summed E-state index contributed by atoms with van der Waals surface area (Å²) >= 11 is 0. The van der Waals surface area contributed by atoms with Gasteiger partial charge in [0.1, 0.15) is 0 Å². The summed E-state index contributed by atoms with van der Waals surface area (Å²) in [6.45, 7) is 7.34. The molecule has 2 nitrogen and oxygen atoms in total. The van der Waals surface area contributed by atoms with E-state index >= 15 is 0 Å². The lowest BCUT2D eigenvalue weighted by Crippen LogP contribution is -2.23. The lowest BCUT2D eigenvalue weighted by atomic mass is 9.96. The minimum absolute atomic E-state index is 0.177. The van der Waals surface area contributed by atoms with Gasteiger partial charge in [0.05, 0.1) is 11.7 Å². The van der Waals surface area contributed by atoms with E-state index in [0.717, 1.165) is 12.2 Å². The summed E-state index contributed by atoms with van der Waals surface area (Å²) in [5, 5.41) is 3.52. The van der Waals surface area contributed by atoms with E-state index in [0.29, 0.717) is 0 Å². The third-order valence-corrected chi connectivity index (χ3v) is 3.14. The van der Waals surface area contributed by atoms with Crippen molar-refractivity contribution in [1.82, 2.24) is 10.3 Å². The van der Waals surface area contributed by atoms with Crippen molar-refractivity contribution in [3.63, 3.8) is 0 Å². The van der Waals surface area contributed by atoms with Crippen LogP contribution in [0.3, 0.4) is 0 Å². The average Bonchev–Trinajstić information content (AvgIpc) is 2.40. The molecule has 0 saturated carbocycles. The Balaban J connectivity index is 2.44. The van der Waals surface area contributed by atoms with E-state index in [9.17, 15) is 0 Å². The topological polar surface area (TPSA) is 24.9 Å². The Hall–Kier alpha value is -1.67. The first kappa shape index (κ1) is 12.8. The summed E-state index contributed by atoms with van der Waals surface area (Å²) in [6.07, 6.45) is 1.85. The highest BCUT2D eigenvalue weighted by molar-refractivity contribution is 5.37. The average molecular weight is 240 g/mol. The van der Waals surface area contributed by atoms with Crippen LogP contribution in [-0.4, -0.2) is 11.5 Å². The number of aromatic nitrogens is 1. The smallest absolute Gasteiger partial charge is 0.0753 e. The van der Waals surface area contributed by atoms with Gasteiger partial charge in [0.25, 0.3) is 0 Å². The molecule has 0 aliphatic carbocycles. The van der Waals surface area contributed by atoms with E-state index in [1.807, 2.05) is 18.3 Å². The van der Waals surface area contributed by atoms with Gasteiger partial charge in [-0.2, -0.15) is 0 Å². The molecule has 1 atom stereocenters. The number of benzene rings is 1. The predicted molar refractivity (Wildman–Crippen MR) is 75.7 cm³/mol. The van der Waals surface area contributed by atoms with Gasteiger partial charge in [-0.15, -0.1) is 0 Å². The van der Waals surface area contributed by atoms with Gasteiger partial charge in [-0.3, -0.25) is 4.98 Å². The molecular weight excluding hydrogens is 220 g/mol. The van der Waals surface area contributed by atoms with Crippen LogP contribution in [0, 0.1) is 13.8 Å². The van der Waals surface area contributed by atoms with E-state index < -0.39 is 0 Å². The van der Waals surface area contributed by atoms with Crippen LogP contribution in [0.15, 0.2) is 42.6 Å². The Bertz CT molecular complexity index is 506. The Morgan fingerprint density at radius 1 is 1.17 bits per heavy atom. The Morgan fingerprint density at radius 3 is 2.67 bits per heavy atom. The fourth-order valence-electron chi connectivity index (χ4n) is 2.20. The van der Waals surface area contributed by atoms with Crippen molar-refractivity contribution in [2.45, 2.75) is 26.8 Å². The van der Waals surface area contributed by atoms with Crippen molar-refractivity contribution in [2.75, 3.05) is 6.54 Å². The Morgan fingerprint density at radius 2 is 2.00 bits per heavy atom. The molecule has 0 aliphatic rings. The quantitative estimate of drug-likeness (QED) is 0.886. The molecule has 0 spiro atoms. The van der Waals surface area contributed by atoms with Gasteiger partial charge >= 0.3 is 0 Å². The summed E-state index contributed by atoms with van der Waals surface area (Å²) in [5.41, 5.74) is 4.98. The van der Waals surface area contributed by atoms with Gasteiger partial charge in [0, 0.05) is 6.20 Å². The van der Waals surface area contributed by atoms with Crippen molar-refractivity contribution < 1.29 is 0 Å². The molecule has 0 radical (unpaired) electrons. The summed E-state index contributed by atoms with van der Waals surface area (Å²) in [4.78, 5) is 4.48. The standard InChI is InChI=1S/C16H20N2/c1-4-17-16(15-7-5-6-10-18-15)14-11-12(2)8-9-13(14)3/h5-11,16-17H,4H2,1-3H3. The second kappa shape index (κ2) is 5.78. The fraction of sp³-hybridized carbons (Fsp3) is 0.312. The van der Waals surface area contributed by atoms with Crippen LogP contribution in [0.5, 0.6) is 0 Å². The Labute approximate surface area is 109 Å². The zero-order chi connectivity index (χ0) is 13.0. The fourth-order valence-corrected chi connectivity index (χ4v) is 2.20. The lowest BCUT2D eigenvalue weighted by molar-refractivity contribution is 0.612. The minimum Gasteiger partial charge on any atom is -0.305 e. The molecule has 0 fully saturated rings. The second-order valence-corrected chi connectivity index (χ2v) is 4.61. The number of nitrogens with one attached hydrogen (secondary N) is 1. The maximum Gasteiger partial charge on any atom is 0.0753 e. The van der Waals surface area contributed by atoms with Crippen LogP contribution >= 0.6 is 0 Å². The zero-order valence-corrected chi connectivity index (χ0v) is 11.3. The summed E-state index contributed by atoms with van der Waals surface area (Å²) < 4.78 is 0. The molecule has 1 aromatic heterocycles. The minimum atomic E-state index is 0.177. The first-order valence-electron chi connectivity index (χ1n) is 6.44. The number of aryl methyl sites for hydroxylation is 2. The highest BCUT2D eigenvalue weighted by atomic mass is 14.9. The first-order chi connectivity index (χ1) is 8.72. The maximum atomic E-state index is 4.48. The molecular formula is C16H20N2. The normalized spacial score (nSPS) is 12.4. The predicted octanol–water partition coefficient (Wildman–Crippen LogP) is 3.40. The third kappa shape index (κ3) is 2.77. The number of hydrogen-bond acceptors (Lipinski definition) is 2. The monoisotopic (exact) mass is 240 g/mol. The second-order valence-electron chi connectivity index (χ2n) is 4.61. The van der Waals surface area contributed by atoms with Gasteiger partial charge in [-0.25, -0.2) is 0 Å². The lowest BCUT2D eigenvalue weighted by Gasteiger charge is -2.20. The van der Waals surface area contributed by atoms with Gasteiger partial charge in [-0.05, 0) is 43.7 Å². The maximum absolute atomic E-state index is 4.48. The van der Waals surface area contributed by atoms with Gasteiger partial charge in [-0.1, -0.05) is 36.8 Å². The molecule has 2 aromatic rings. The SMILES string of the molecule is CCNC(c1ccccn1)c1cc(C)ccc1C. The zero-order valence-electron chi connectivity index (χ0n) is 11.3. The summed E-state index contributed by atoms with van der Waals surface area (Å²) in [6, 6.07) is 12.8. The number of hydrogen-bond donors (Lipinski definition) is 1. The van der Waals surface area contributed by atoms with Crippen molar-refractivity contribution in [1.29, 1.82) is 0 Å². The number of rotatable bonds is 4. The van der Waals surface area contributed by atoms with E-state index in [4.69, 9.17) is 0 Å². The first-order valence-corrected chi connectivity index (χ1v) is 6.44. The van der Waals surface area contributed by atoms with Crippen LogP contribution in [0.4, 0.5) is 0 Å².